The Morgan fingerprint density at radius 2 is 1.71 bits per heavy atom. The number of anilines is 2. The molecule has 2 amide bonds. The summed E-state index contributed by atoms with van der Waals surface area (Å²) in [6.45, 7) is 2.97. The van der Waals surface area contributed by atoms with E-state index in [1.807, 2.05) is 0 Å². The van der Waals surface area contributed by atoms with Crippen LogP contribution in [-0.2, 0) is 14.3 Å². The number of carbonyl (C=O) groups is 3. The zero-order valence-corrected chi connectivity index (χ0v) is 18.3. The number of esters is 1. The zero-order chi connectivity index (χ0) is 23.0. The minimum atomic E-state index is -0.766. The van der Waals surface area contributed by atoms with E-state index in [1.54, 1.807) is 19.1 Å². The van der Waals surface area contributed by atoms with E-state index in [4.69, 9.17) is 30.5 Å². The van der Waals surface area contributed by atoms with Crippen molar-refractivity contribution in [2.75, 3.05) is 38.1 Å². The first kappa shape index (κ1) is 23.8. The lowest BCUT2D eigenvalue weighted by Crippen LogP contribution is -2.21. The van der Waals surface area contributed by atoms with Crippen molar-refractivity contribution in [2.24, 2.45) is 0 Å². The number of hydrogen-bond donors (Lipinski definition) is 2. The largest absolute Gasteiger partial charge is 0.495 e. The van der Waals surface area contributed by atoms with Gasteiger partial charge in [0.15, 0.2) is 18.1 Å². The molecule has 0 saturated carbocycles. The SMILES string of the molecule is CCOc1c(Cl)cc(C(=O)OCC(=O)Nc2cc(NC(C)=O)ccc2OC)cc1OC. The Bertz CT molecular complexity index is 978. The highest BCUT2D eigenvalue weighted by atomic mass is 35.5. The Morgan fingerprint density at radius 1 is 1.00 bits per heavy atom. The lowest BCUT2D eigenvalue weighted by Gasteiger charge is -2.14. The predicted octanol–water partition coefficient (Wildman–Crippen LogP) is 3.51. The van der Waals surface area contributed by atoms with Gasteiger partial charge in [-0.25, -0.2) is 4.79 Å². The molecule has 0 aliphatic rings. The number of amides is 2. The number of ether oxygens (including phenoxy) is 4. The molecule has 0 heterocycles. The van der Waals surface area contributed by atoms with Gasteiger partial charge in [-0.3, -0.25) is 9.59 Å². The summed E-state index contributed by atoms with van der Waals surface area (Å²) < 4.78 is 20.9. The number of halogens is 1. The number of carbonyl (C=O) groups excluding carboxylic acids is 3. The highest BCUT2D eigenvalue weighted by Gasteiger charge is 2.18. The summed E-state index contributed by atoms with van der Waals surface area (Å²) in [6.07, 6.45) is 0. The monoisotopic (exact) mass is 450 g/mol. The highest BCUT2D eigenvalue weighted by molar-refractivity contribution is 6.32. The Labute approximate surface area is 184 Å². The van der Waals surface area contributed by atoms with Crippen LogP contribution in [0.15, 0.2) is 30.3 Å². The predicted molar refractivity (Wildman–Crippen MR) is 115 cm³/mol. The fourth-order valence-corrected chi connectivity index (χ4v) is 2.87. The van der Waals surface area contributed by atoms with Crippen molar-refractivity contribution < 1.29 is 33.3 Å². The van der Waals surface area contributed by atoms with Crippen molar-refractivity contribution in [2.45, 2.75) is 13.8 Å². The molecule has 0 radical (unpaired) electrons. The first-order valence-corrected chi connectivity index (χ1v) is 9.59. The smallest absolute Gasteiger partial charge is 0.338 e. The summed E-state index contributed by atoms with van der Waals surface area (Å²) >= 11 is 6.15. The van der Waals surface area contributed by atoms with Crippen molar-refractivity contribution >= 4 is 40.8 Å². The maximum Gasteiger partial charge on any atom is 0.338 e. The van der Waals surface area contributed by atoms with E-state index >= 15 is 0 Å². The molecule has 0 aliphatic carbocycles. The van der Waals surface area contributed by atoms with Gasteiger partial charge in [-0.05, 0) is 37.3 Å². The van der Waals surface area contributed by atoms with Crippen LogP contribution < -0.4 is 24.8 Å². The molecule has 0 spiro atoms. The fourth-order valence-electron chi connectivity index (χ4n) is 2.61. The van der Waals surface area contributed by atoms with E-state index in [0.717, 1.165) is 0 Å². The van der Waals surface area contributed by atoms with Crippen molar-refractivity contribution in [3.8, 4) is 17.2 Å². The van der Waals surface area contributed by atoms with Crippen LogP contribution in [-0.4, -0.2) is 45.2 Å². The van der Waals surface area contributed by atoms with Crippen LogP contribution in [0.5, 0.6) is 17.2 Å². The molecule has 31 heavy (non-hydrogen) atoms. The Balaban J connectivity index is 2.07. The minimum absolute atomic E-state index is 0.100. The van der Waals surface area contributed by atoms with Crippen LogP contribution in [0, 0.1) is 0 Å². The van der Waals surface area contributed by atoms with Crippen molar-refractivity contribution in [3.05, 3.63) is 40.9 Å². The van der Waals surface area contributed by atoms with Crippen LogP contribution in [0.1, 0.15) is 24.2 Å². The molecule has 10 heteroatoms. The van der Waals surface area contributed by atoms with Gasteiger partial charge in [0.2, 0.25) is 5.91 Å². The standard InChI is InChI=1S/C21H23ClN2O7/c1-5-30-20-15(22)8-13(9-18(20)29-4)21(27)31-11-19(26)24-16-10-14(23-12(2)25)6-7-17(16)28-3/h6-10H,5,11H2,1-4H3,(H,23,25)(H,24,26). The lowest BCUT2D eigenvalue weighted by atomic mass is 10.2. The van der Waals surface area contributed by atoms with Gasteiger partial charge in [-0.15, -0.1) is 0 Å². The van der Waals surface area contributed by atoms with Crippen LogP contribution in [0.3, 0.4) is 0 Å². The van der Waals surface area contributed by atoms with Gasteiger partial charge >= 0.3 is 5.97 Å². The zero-order valence-electron chi connectivity index (χ0n) is 17.5. The van der Waals surface area contributed by atoms with Crippen LogP contribution >= 0.6 is 11.6 Å². The molecule has 0 atom stereocenters. The summed E-state index contributed by atoms with van der Waals surface area (Å²) in [4.78, 5) is 35.9. The average Bonchev–Trinajstić information content (AvgIpc) is 2.73. The second-order valence-electron chi connectivity index (χ2n) is 6.14. The number of benzene rings is 2. The van der Waals surface area contributed by atoms with Crippen molar-refractivity contribution in [1.29, 1.82) is 0 Å². The maximum absolute atomic E-state index is 12.4. The molecule has 2 rings (SSSR count). The molecular weight excluding hydrogens is 428 g/mol. The third kappa shape index (κ3) is 6.51. The van der Waals surface area contributed by atoms with Gasteiger partial charge in [-0.2, -0.15) is 0 Å². The maximum atomic E-state index is 12.4. The molecule has 0 saturated heterocycles. The molecule has 2 aromatic rings. The quantitative estimate of drug-likeness (QED) is 0.562. The molecule has 0 aliphatic heterocycles. The molecule has 2 aromatic carbocycles. The second kappa shape index (κ2) is 11.1. The van der Waals surface area contributed by atoms with Crippen molar-refractivity contribution in [3.63, 3.8) is 0 Å². The third-order valence-electron chi connectivity index (χ3n) is 3.88. The van der Waals surface area contributed by atoms with E-state index in [1.165, 1.54) is 39.3 Å². The van der Waals surface area contributed by atoms with Gasteiger partial charge in [0, 0.05) is 12.6 Å². The second-order valence-corrected chi connectivity index (χ2v) is 6.55. The molecule has 2 N–H and O–H groups in total. The molecule has 9 nitrogen and oxygen atoms in total. The van der Waals surface area contributed by atoms with Gasteiger partial charge in [0.25, 0.3) is 5.91 Å². The first-order valence-electron chi connectivity index (χ1n) is 9.22. The van der Waals surface area contributed by atoms with Gasteiger partial charge < -0.3 is 29.6 Å². The molecule has 0 bridgehead atoms. The molecule has 0 fully saturated rings. The van der Waals surface area contributed by atoms with Crippen LogP contribution in [0.2, 0.25) is 5.02 Å². The van der Waals surface area contributed by atoms with E-state index in [0.29, 0.717) is 29.5 Å². The number of hydrogen-bond acceptors (Lipinski definition) is 7. The summed E-state index contributed by atoms with van der Waals surface area (Å²) in [7, 11) is 2.85. The summed E-state index contributed by atoms with van der Waals surface area (Å²) in [5.74, 6) is -0.678. The van der Waals surface area contributed by atoms with Gasteiger partial charge in [0.1, 0.15) is 5.75 Å². The van der Waals surface area contributed by atoms with E-state index < -0.39 is 18.5 Å². The fraction of sp³-hybridized carbons (Fsp3) is 0.286. The van der Waals surface area contributed by atoms with Gasteiger partial charge in [-0.1, -0.05) is 11.6 Å². The minimum Gasteiger partial charge on any atom is -0.495 e. The topological polar surface area (TPSA) is 112 Å². The summed E-state index contributed by atoms with van der Waals surface area (Å²) in [5, 5.41) is 5.36. The summed E-state index contributed by atoms with van der Waals surface area (Å²) in [5.41, 5.74) is 0.876. The highest BCUT2D eigenvalue weighted by Crippen LogP contribution is 2.36. The van der Waals surface area contributed by atoms with E-state index in [2.05, 4.69) is 10.6 Å². The average molecular weight is 451 g/mol. The van der Waals surface area contributed by atoms with Crippen LogP contribution in [0.25, 0.3) is 0 Å². The third-order valence-corrected chi connectivity index (χ3v) is 4.16. The molecule has 0 aromatic heterocycles. The normalized spacial score (nSPS) is 10.1. The molecule has 0 unspecified atom stereocenters. The van der Waals surface area contributed by atoms with Gasteiger partial charge in [0.05, 0.1) is 37.1 Å². The molecule has 166 valence electrons. The lowest BCUT2D eigenvalue weighted by molar-refractivity contribution is -0.119. The first-order chi connectivity index (χ1) is 14.8. The Kier molecular flexibility index (Phi) is 8.51. The summed E-state index contributed by atoms with van der Waals surface area (Å²) in [6, 6.07) is 7.52. The number of methoxy groups -OCH3 is 2. The number of nitrogens with one attached hydrogen (secondary N) is 2. The molecular formula is C21H23ClN2O7. The van der Waals surface area contributed by atoms with E-state index in [-0.39, 0.29) is 22.2 Å². The van der Waals surface area contributed by atoms with Crippen LogP contribution in [0.4, 0.5) is 11.4 Å². The number of rotatable bonds is 9. The Hall–Kier alpha value is -3.46. The van der Waals surface area contributed by atoms with Crippen molar-refractivity contribution in [1.82, 2.24) is 0 Å². The Morgan fingerprint density at radius 3 is 2.32 bits per heavy atom. The van der Waals surface area contributed by atoms with E-state index in [9.17, 15) is 14.4 Å².